The second kappa shape index (κ2) is 6.03. The number of nitrogens with one attached hydrogen (secondary N) is 1. The predicted octanol–water partition coefficient (Wildman–Crippen LogP) is 4.49. The first kappa shape index (κ1) is 14.3. The van der Waals surface area contributed by atoms with Crippen molar-refractivity contribution in [1.29, 1.82) is 0 Å². The molecule has 0 aliphatic heterocycles. The third-order valence-electron chi connectivity index (χ3n) is 4.80. The molecular formula is C20H25N. The number of hydrogen-bond acceptors (Lipinski definition) is 1. The summed E-state index contributed by atoms with van der Waals surface area (Å²) < 4.78 is 0. The highest BCUT2D eigenvalue weighted by Crippen LogP contribution is 2.37. The van der Waals surface area contributed by atoms with Crippen molar-refractivity contribution in [2.75, 3.05) is 7.05 Å². The van der Waals surface area contributed by atoms with Crippen LogP contribution in [0.5, 0.6) is 0 Å². The van der Waals surface area contributed by atoms with Gasteiger partial charge in [0.05, 0.1) is 0 Å². The molecule has 0 bridgehead atoms. The van der Waals surface area contributed by atoms with Gasteiger partial charge in [-0.25, -0.2) is 0 Å². The van der Waals surface area contributed by atoms with E-state index in [0.717, 1.165) is 6.42 Å². The highest BCUT2D eigenvalue weighted by molar-refractivity contribution is 5.37. The summed E-state index contributed by atoms with van der Waals surface area (Å²) in [5, 5.41) is 3.52. The fourth-order valence-electron chi connectivity index (χ4n) is 3.60. The molecule has 0 heterocycles. The maximum Gasteiger partial charge on any atom is 0.0355 e. The van der Waals surface area contributed by atoms with Crippen LogP contribution < -0.4 is 5.32 Å². The van der Waals surface area contributed by atoms with Gasteiger partial charge in [0.1, 0.15) is 0 Å². The smallest absolute Gasteiger partial charge is 0.0355 e. The van der Waals surface area contributed by atoms with Crippen LogP contribution in [0, 0.1) is 5.92 Å². The average Bonchev–Trinajstić information content (AvgIpc) is 2.84. The van der Waals surface area contributed by atoms with Crippen LogP contribution >= 0.6 is 0 Å². The van der Waals surface area contributed by atoms with Crippen molar-refractivity contribution in [2.45, 2.75) is 38.6 Å². The molecule has 3 rings (SSSR count). The molecule has 1 aliphatic carbocycles. The molecule has 0 saturated heterocycles. The van der Waals surface area contributed by atoms with Gasteiger partial charge in [-0.3, -0.25) is 0 Å². The van der Waals surface area contributed by atoms with Crippen molar-refractivity contribution in [3.05, 3.63) is 70.8 Å². The highest BCUT2D eigenvalue weighted by atomic mass is 14.9. The van der Waals surface area contributed by atoms with Gasteiger partial charge in [0.25, 0.3) is 0 Å². The molecule has 1 heteroatoms. The van der Waals surface area contributed by atoms with E-state index in [1.54, 1.807) is 0 Å². The van der Waals surface area contributed by atoms with Crippen molar-refractivity contribution in [1.82, 2.24) is 5.32 Å². The summed E-state index contributed by atoms with van der Waals surface area (Å²) in [7, 11) is 2.08. The van der Waals surface area contributed by atoms with Gasteiger partial charge in [0, 0.05) is 6.04 Å². The van der Waals surface area contributed by atoms with Gasteiger partial charge in [-0.05, 0) is 54.0 Å². The largest absolute Gasteiger partial charge is 0.313 e. The van der Waals surface area contributed by atoms with E-state index in [-0.39, 0.29) is 0 Å². The van der Waals surface area contributed by atoms with Gasteiger partial charge in [-0.15, -0.1) is 0 Å². The quantitative estimate of drug-likeness (QED) is 0.869. The predicted molar refractivity (Wildman–Crippen MR) is 89.7 cm³/mol. The van der Waals surface area contributed by atoms with Gasteiger partial charge < -0.3 is 5.32 Å². The first-order valence-corrected chi connectivity index (χ1v) is 8.03. The Kier molecular flexibility index (Phi) is 4.12. The summed E-state index contributed by atoms with van der Waals surface area (Å²) in [6.07, 6.45) is 2.34. The molecule has 2 aromatic rings. The Labute approximate surface area is 128 Å². The van der Waals surface area contributed by atoms with E-state index in [1.165, 1.54) is 28.7 Å². The number of hydrogen-bond donors (Lipinski definition) is 1. The van der Waals surface area contributed by atoms with E-state index in [9.17, 15) is 0 Å². The lowest BCUT2D eigenvalue weighted by molar-refractivity contribution is 0.410. The lowest BCUT2D eigenvalue weighted by Crippen LogP contribution is -2.23. The van der Waals surface area contributed by atoms with Gasteiger partial charge in [0.2, 0.25) is 0 Å². The summed E-state index contributed by atoms with van der Waals surface area (Å²) in [5.41, 5.74) is 5.89. The van der Waals surface area contributed by atoms with E-state index in [2.05, 4.69) is 74.7 Å². The summed E-state index contributed by atoms with van der Waals surface area (Å²) in [6, 6.07) is 18.6. The third-order valence-corrected chi connectivity index (χ3v) is 4.80. The van der Waals surface area contributed by atoms with E-state index < -0.39 is 0 Å². The zero-order valence-electron chi connectivity index (χ0n) is 13.3. The lowest BCUT2D eigenvalue weighted by atomic mass is 9.91. The molecule has 2 unspecified atom stereocenters. The third kappa shape index (κ3) is 2.89. The fourth-order valence-corrected chi connectivity index (χ4v) is 3.60. The summed E-state index contributed by atoms with van der Waals surface area (Å²) in [4.78, 5) is 0. The molecule has 110 valence electrons. The Balaban J connectivity index is 1.76. The van der Waals surface area contributed by atoms with Gasteiger partial charge in [-0.2, -0.15) is 0 Å². The zero-order valence-corrected chi connectivity index (χ0v) is 13.3. The van der Waals surface area contributed by atoms with Crippen molar-refractivity contribution in [2.24, 2.45) is 5.92 Å². The fraction of sp³-hybridized carbons (Fsp3) is 0.400. The monoisotopic (exact) mass is 279 g/mol. The van der Waals surface area contributed by atoms with Gasteiger partial charge >= 0.3 is 0 Å². The molecule has 0 saturated carbocycles. The van der Waals surface area contributed by atoms with Crippen LogP contribution in [0.3, 0.4) is 0 Å². The second-order valence-corrected chi connectivity index (χ2v) is 6.53. The number of rotatable bonds is 4. The number of fused-ring (bicyclic) bond motifs is 1. The Morgan fingerprint density at radius 1 is 1.05 bits per heavy atom. The highest BCUT2D eigenvalue weighted by Gasteiger charge is 2.30. The van der Waals surface area contributed by atoms with Gasteiger partial charge in [0.15, 0.2) is 0 Å². The van der Waals surface area contributed by atoms with E-state index in [0.29, 0.717) is 17.9 Å². The zero-order chi connectivity index (χ0) is 14.8. The first-order valence-electron chi connectivity index (χ1n) is 8.03. The van der Waals surface area contributed by atoms with E-state index >= 15 is 0 Å². The summed E-state index contributed by atoms with van der Waals surface area (Å²) >= 11 is 0. The molecule has 2 aromatic carbocycles. The molecule has 1 nitrogen and oxygen atoms in total. The Morgan fingerprint density at radius 2 is 1.76 bits per heavy atom. The molecule has 21 heavy (non-hydrogen) atoms. The second-order valence-electron chi connectivity index (χ2n) is 6.53. The van der Waals surface area contributed by atoms with Crippen molar-refractivity contribution in [3.63, 3.8) is 0 Å². The van der Waals surface area contributed by atoms with Crippen LogP contribution in [0.1, 0.15) is 48.1 Å². The topological polar surface area (TPSA) is 12.0 Å². The molecule has 1 N–H and O–H groups in total. The van der Waals surface area contributed by atoms with Crippen molar-refractivity contribution in [3.8, 4) is 0 Å². The van der Waals surface area contributed by atoms with Crippen LogP contribution in [-0.4, -0.2) is 7.05 Å². The molecule has 1 aliphatic rings. The van der Waals surface area contributed by atoms with Crippen molar-refractivity contribution < 1.29 is 0 Å². The van der Waals surface area contributed by atoms with E-state index in [4.69, 9.17) is 0 Å². The maximum atomic E-state index is 3.52. The van der Waals surface area contributed by atoms with Crippen LogP contribution in [0.2, 0.25) is 0 Å². The van der Waals surface area contributed by atoms with Crippen LogP contribution in [0.4, 0.5) is 0 Å². The minimum absolute atomic E-state index is 0.492. The van der Waals surface area contributed by atoms with Gasteiger partial charge in [-0.1, -0.05) is 62.4 Å². The standard InChI is InChI=1S/C20H25N/c1-14(2)16-10-8-15(9-11-16)12-18-13-17-6-4-5-7-19(17)20(18)21-3/h4-11,14,18,20-21H,12-13H2,1-3H3. The molecule has 0 amide bonds. The molecule has 0 spiro atoms. The Hall–Kier alpha value is -1.60. The SMILES string of the molecule is CNC1c2ccccc2CC1Cc1ccc(C(C)C)cc1. The number of benzene rings is 2. The van der Waals surface area contributed by atoms with Crippen LogP contribution in [0.15, 0.2) is 48.5 Å². The molecule has 0 aromatic heterocycles. The van der Waals surface area contributed by atoms with Crippen LogP contribution in [-0.2, 0) is 12.8 Å². The lowest BCUT2D eigenvalue weighted by Gasteiger charge is -2.20. The normalized spacial score (nSPS) is 20.8. The molecule has 2 atom stereocenters. The molecule has 0 fully saturated rings. The summed E-state index contributed by atoms with van der Waals surface area (Å²) in [6.45, 7) is 4.50. The molecule has 0 radical (unpaired) electrons. The minimum Gasteiger partial charge on any atom is -0.313 e. The molecular weight excluding hydrogens is 254 g/mol. The van der Waals surface area contributed by atoms with Crippen LogP contribution in [0.25, 0.3) is 0 Å². The van der Waals surface area contributed by atoms with Crippen molar-refractivity contribution >= 4 is 0 Å². The Bertz CT molecular complexity index is 597. The minimum atomic E-state index is 0.492. The maximum absolute atomic E-state index is 3.52. The summed E-state index contributed by atoms with van der Waals surface area (Å²) in [5.74, 6) is 1.28. The van der Waals surface area contributed by atoms with E-state index in [1.807, 2.05) is 0 Å². The average molecular weight is 279 g/mol. The Morgan fingerprint density at radius 3 is 2.43 bits per heavy atom. The first-order chi connectivity index (χ1) is 10.2.